The van der Waals surface area contributed by atoms with Crippen molar-refractivity contribution in [3.8, 4) is 0 Å². The number of carbonyl (C=O) groups is 2. The van der Waals surface area contributed by atoms with Gasteiger partial charge in [-0.1, -0.05) is 12.1 Å². The zero-order valence-electron chi connectivity index (χ0n) is 20.1. The lowest BCUT2D eigenvalue weighted by Gasteiger charge is -2.32. The van der Waals surface area contributed by atoms with Gasteiger partial charge in [-0.25, -0.2) is 14.0 Å². The number of nitrogens with one attached hydrogen (secondary N) is 1. The standard InChI is InChI=1S/C23H33BFNO6/c1-9-29-19(27)17-13-15(10-11-18(17)25)12-16(14-26-20(28)30-21(2,3)4)24-31-22(5,6)23(7,8)32-24/h10-13H,9,14H2,1-8H3,(H,26,28). The molecular formula is C23H33BFNO6. The van der Waals surface area contributed by atoms with Gasteiger partial charge in [-0.15, -0.1) is 0 Å². The maximum absolute atomic E-state index is 14.2. The van der Waals surface area contributed by atoms with Crippen molar-refractivity contribution in [2.24, 2.45) is 0 Å². The van der Waals surface area contributed by atoms with E-state index in [1.54, 1.807) is 33.8 Å². The van der Waals surface area contributed by atoms with Crippen LogP contribution in [-0.4, -0.2) is 49.1 Å². The van der Waals surface area contributed by atoms with Crippen LogP contribution >= 0.6 is 0 Å². The van der Waals surface area contributed by atoms with Gasteiger partial charge >= 0.3 is 19.2 Å². The van der Waals surface area contributed by atoms with Gasteiger partial charge in [0.2, 0.25) is 0 Å². The zero-order chi connectivity index (χ0) is 24.3. The molecule has 0 spiro atoms. The number of hydrogen-bond donors (Lipinski definition) is 1. The van der Waals surface area contributed by atoms with Crippen LogP contribution in [0.15, 0.2) is 23.7 Å². The van der Waals surface area contributed by atoms with Crippen LogP contribution in [0, 0.1) is 5.82 Å². The normalized spacial score (nSPS) is 17.8. The van der Waals surface area contributed by atoms with Crippen molar-refractivity contribution in [3.63, 3.8) is 0 Å². The van der Waals surface area contributed by atoms with E-state index in [0.717, 1.165) is 0 Å². The van der Waals surface area contributed by atoms with Crippen molar-refractivity contribution < 1.29 is 32.8 Å². The molecule has 2 rings (SSSR count). The van der Waals surface area contributed by atoms with Gasteiger partial charge in [-0.2, -0.15) is 0 Å². The largest absolute Gasteiger partial charge is 0.492 e. The van der Waals surface area contributed by atoms with Crippen molar-refractivity contribution in [1.29, 1.82) is 0 Å². The molecule has 1 heterocycles. The Morgan fingerprint density at radius 3 is 2.28 bits per heavy atom. The van der Waals surface area contributed by atoms with Crippen LogP contribution in [0.1, 0.15) is 71.3 Å². The first-order chi connectivity index (χ1) is 14.6. The lowest BCUT2D eigenvalue weighted by molar-refractivity contribution is 0.00578. The molecule has 32 heavy (non-hydrogen) atoms. The molecule has 0 radical (unpaired) electrons. The Morgan fingerprint density at radius 2 is 1.75 bits per heavy atom. The van der Waals surface area contributed by atoms with Gasteiger partial charge in [0.1, 0.15) is 11.4 Å². The van der Waals surface area contributed by atoms with E-state index in [4.69, 9.17) is 18.8 Å². The molecule has 1 saturated heterocycles. The summed E-state index contributed by atoms with van der Waals surface area (Å²) in [6.45, 7) is 14.8. The van der Waals surface area contributed by atoms with Crippen molar-refractivity contribution in [3.05, 3.63) is 40.6 Å². The average molecular weight is 449 g/mol. The molecule has 0 unspecified atom stereocenters. The summed E-state index contributed by atoms with van der Waals surface area (Å²) in [5.41, 5.74) is -0.900. The molecule has 1 aliphatic heterocycles. The molecule has 0 bridgehead atoms. The third-order valence-corrected chi connectivity index (χ3v) is 5.23. The van der Waals surface area contributed by atoms with Gasteiger partial charge in [0.05, 0.1) is 23.4 Å². The van der Waals surface area contributed by atoms with Gasteiger partial charge in [0.15, 0.2) is 0 Å². The molecule has 1 amide bonds. The number of hydrogen-bond acceptors (Lipinski definition) is 6. The van der Waals surface area contributed by atoms with E-state index in [9.17, 15) is 14.0 Å². The third kappa shape index (κ3) is 6.56. The Hall–Kier alpha value is -2.39. The Labute approximate surface area is 189 Å². The van der Waals surface area contributed by atoms with E-state index in [1.165, 1.54) is 18.2 Å². The first-order valence-corrected chi connectivity index (χ1v) is 10.6. The third-order valence-electron chi connectivity index (χ3n) is 5.23. The van der Waals surface area contributed by atoms with Crippen molar-refractivity contribution in [2.45, 2.75) is 72.2 Å². The van der Waals surface area contributed by atoms with Crippen LogP contribution in [-0.2, 0) is 18.8 Å². The first kappa shape index (κ1) is 25.9. The van der Waals surface area contributed by atoms with Gasteiger partial charge < -0.3 is 24.1 Å². The summed E-state index contributed by atoms with van der Waals surface area (Å²) in [6.07, 6.45) is 1.10. The second-order valence-electron chi connectivity index (χ2n) is 9.62. The quantitative estimate of drug-likeness (QED) is 0.507. The van der Waals surface area contributed by atoms with Gasteiger partial charge in [-0.05, 0) is 78.6 Å². The fourth-order valence-corrected chi connectivity index (χ4v) is 2.90. The maximum Gasteiger partial charge on any atom is 0.492 e. The van der Waals surface area contributed by atoms with E-state index in [2.05, 4.69) is 5.32 Å². The SMILES string of the molecule is CCOC(=O)c1cc(C=C(CNC(=O)OC(C)(C)C)B2OC(C)(C)C(C)(C)O2)ccc1F. The molecule has 7 nitrogen and oxygen atoms in total. The first-order valence-electron chi connectivity index (χ1n) is 10.6. The molecule has 1 N–H and O–H groups in total. The van der Waals surface area contributed by atoms with Crippen LogP contribution in [0.25, 0.3) is 6.08 Å². The predicted molar refractivity (Wildman–Crippen MR) is 121 cm³/mol. The molecule has 0 atom stereocenters. The minimum Gasteiger partial charge on any atom is -0.462 e. The molecule has 0 aromatic heterocycles. The minimum absolute atomic E-state index is 0.0673. The number of ether oxygens (including phenoxy) is 2. The number of esters is 1. The Kier molecular flexibility index (Phi) is 7.78. The highest BCUT2D eigenvalue weighted by Gasteiger charge is 2.52. The second kappa shape index (κ2) is 9.62. The fraction of sp³-hybridized carbons (Fsp3) is 0.565. The van der Waals surface area contributed by atoms with Crippen LogP contribution in [0.2, 0.25) is 0 Å². The van der Waals surface area contributed by atoms with Crippen LogP contribution in [0.5, 0.6) is 0 Å². The predicted octanol–water partition coefficient (Wildman–Crippen LogP) is 4.54. The highest BCUT2D eigenvalue weighted by Crippen LogP contribution is 2.38. The maximum atomic E-state index is 14.2. The second-order valence-corrected chi connectivity index (χ2v) is 9.62. The van der Waals surface area contributed by atoms with E-state index < -0.39 is 41.8 Å². The molecule has 0 saturated carbocycles. The van der Waals surface area contributed by atoms with Crippen LogP contribution in [0.4, 0.5) is 9.18 Å². The fourth-order valence-electron chi connectivity index (χ4n) is 2.90. The van der Waals surface area contributed by atoms with E-state index in [-0.39, 0.29) is 18.7 Å². The summed E-state index contributed by atoms with van der Waals surface area (Å²) in [6, 6.07) is 4.12. The van der Waals surface area contributed by atoms with Crippen molar-refractivity contribution in [2.75, 3.05) is 13.2 Å². The summed E-state index contributed by atoms with van der Waals surface area (Å²) >= 11 is 0. The summed E-state index contributed by atoms with van der Waals surface area (Å²) in [7, 11) is -0.758. The highest BCUT2D eigenvalue weighted by atomic mass is 19.1. The lowest BCUT2D eigenvalue weighted by Crippen LogP contribution is -2.41. The summed E-state index contributed by atoms with van der Waals surface area (Å²) in [5.74, 6) is -1.42. The number of amides is 1. The topological polar surface area (TPSA) is 83.1 Å². The zero-order valence-corrected chi connectivity index (χ0v) is 20.1. The van der Waals surface area contributed by atoms with Gasteiger partial charge in [0.25, 0.3) is 0 Å². The monoisotopic (exact) mass is 449 g/mol. The summed E-state index contributed by atoms with van der Waals surface area (Å²) < 4.78 is 36.6. The molecular weight excluding hydrogens is 416 g/mol. The number of benzene rings is 1. The summed E-state index contributed by atoms with van der Waals surface area (Å²) in [4.78, 5) is 24.3. The molecule has 1 aromatic rings. The number of rotatable bonds is 6. The van der Waals surface area contributed by atoms with Gasteiger partial charge in [-0.3, -0.25) is 0 Å². The number of halogens is 1. The number of carbonyl (C=O) groups excluding carboxylic acids is 2. The van der Waals surface area contributed by atoms with Gasteiger partial charge in [0, 0.05) is 6.54 Å². The molecule has 1 fully saturated rings. The van der Waals surface area contributed by atoms with Crippen LogP contribution in [0.3, 0.4) is 0 Å². The average Bonchev–Trinajstić information content (AvgIpc) is 2.86. The Balaban J connectivity index is 2.36. The van der Waals surface area contributed by atoms with E-state index in [0.29, 0.717) is 11.0 Å². The molecule has 1 aliphatic rings. The van der Waals surface area contributed by atoms with E-state index in [1.807, 2.05) is 27.7 Å². The van der Waals surface area contributed by atoms with Crippen LogP contribution < -0.4 is 5.32 Å². The Bertz CT molecular complexity index is 875. The lowest BCUT2D eigenvalue weighted by atomic mass is 9.77. The smallest absolute Gasteiger partial charge is 0.462 e. The molecule has 0 aliphatic carbocycles. The summed E-state index contributed by atoms with van der Waals surface area (Å²) in [5, 5.41) is 2.71. The molecule has 1 aromatic carbocycles. The minimum atomic E-state index is -0.758. The Morgan fingerprint density at radius 1 is 1.16 bits per heavy atom. The highest BCUT2D eigenvalue weighted by molar-refractivity contribution is 6.56. The van der Waals surface area contributed by atoms with Crippen molar-refractivity contribution >= 4 is 25.3 Å². The van der Waals surface area contributed by atoms with E-state index >= 15 is 0 Å². The number of alkyl carbamates (subject to hydrolysis) is 1. The molecule has 176 valence electrons. The van der Waals surface area contributed by atoms with Crippen molar-refractivity contribution in [1.82, 2.24) is 5.32 Å². The molecule has 9 heteroatoms.